The number of nitrogens with zero attached hydrogens (tertiary/aromatic N) is 3. The smallest absolute Gasteiger partial charge is 0.274 e. The molecule has 0 radical (unpaired) electrons. The number of H-pyrrole nitrogens is 1. The van der Waals surface area contributed by atoms with Crippen LogP contribution in [0.25, 0.3) is 0 Å². The molecule has 0 aliphatic carbocycles. The van der Waals surface area contributed by atoms with Crippen LogP contribution in [0.5, 0.6) is 0 Å². The largest absolute Gasteiger partial charge is 0.389 e. The number of amides is 1. The second-order valence-corrected chi connectivity index (χ2v) is 7.64. The van der Waals surface area contributed by atoms with Crippen LogP contribution >= 0.6 is 0 Å². The van der Waals surface area contributed by atoms with Gasteiger partial charge in [0.25, 0.3) is 5.91 Å². The minimum Gasteiger partial charge on any atom is -0.389 e. The van der Waals surface area contributed by atoms with Crippen LogP contribution < -0.4 is 0 Å². The molecule has 0 saturated carbocycles. The molecule has 7 nitrogen and oxygen atoms in total. The molecule has 1 aromatic rings. The summed E-state index contributed by atoms with van der Waals surface area (Å²) in [6.07, 6.45) is 0.761. The number of aliphatic hydroxyl groups is 1. The molecule has 2 N–H and O–H groups in total. The van der Waals surface area contributed by atoms with Gasteiger partial charge in [0.05, 0.1) is 23.5 Å². The van der Waals surface area contributed by atoms with Crippen molar-refractivity contribution < 1.29 is 14.6 Å². The molecule has 1 aromatic heterocycles. The molecular formula is C17H28N4O3. The molecule has 1 saturated heterocycles. The monoisotopic (exact) mass is 336 g/mol. The van der Waals surface area contributed by atoms with Gasteiger partial charge in [-0.2, -0.15) is 5.10 Å². The van der Waals surface area contributed by atoms with Gasteiger partial charge < -0.3 is 14.7 Å². The van der Waals surface area contributed by atoms with Crippen LogP contribution in [0.3, 0.4) is 0 Å². The van der Waals surface area contributed by atoms with Gasteiger partial charge in [0, 0.05) is 44.7 Å². The number of carbonyl (C=O) groups is 1. The van der Waals surface area contributed by atoms with Crippen LogP contribution in [0, 0.1) is 0 Å². The van der Waals surface area contributed by atoms with Crippen LogP contribution in [0.15, 0.2) is 0 Å². The first-order chi connectivity index (χ1) is 11.2. The average molecular weight is 336 g/mol. The molecule has 0 spiro atoms. The fourth-order valence-electron chi connectivity index (χ4n) is 3.66. The van der Waals surface area contributed by atoms with Gasteiger partial charge in [0.1, 0.15) is 0 Å². The molecule has 2 aliphatic heterocycles. The van der Waals surface area contributed by atoms with Crippen LogP contribution in [0.4, 0.5) is 0 Å². The summed E-state index contributed by atoms with van der Waals surface area (Å²) in [6, 6.07) is 0. The standard InChI is InChI=1S/C17H28N4O3/c1-11-9-13-14(12(2)24-11)18-19-15(13)16(22)21-7-5-20(6-8-21)10-17(3,4)23/h11-12,23H,5-10H2,1-4H3,(H,18,19)/t11-,12+/m1/s1. The third-order valence-electron chi connectivity index (χ3n) is 4.71. The summed E-state index contributed by atoms with van der Waals surface area (Å²) in [4.78, 5) is 16.9. The predicted molar refractivity (Wildman–Crippen MR) is 89.9 cm³/mol. The highest BCUT2D eigenvalue weighted by Gasteiger charge is 2.32. The summed E-state index contributed by atoms with van der Waals surface area (Å²) in [5.74, 6) is -0.00305. The van der Waals surface area contributed by atoms with Crippen molar-refractivity contribution in [3.05, 3.63) is 17.0 Å². The SMILES string of the molecule is C[C@@H]1Cc2c(C(=O)N3CCN(CC(C)(C)O)CC3)n[nH]c2[C@H](C)O1. The summed E-state index contributed by atoms with van der Waals surface area (Å²) < 4.78 is 5.79. The van der Waals surface area contributed by atoms with Crippen molar-refractivity contribution in [1.29, 1.82) is 0 Å². The Hall–Kier alpha value is -1.44. The van der Waals surface area contributed by atoms with Gasteiger partial charge in [-0.1, -0.05) is 0 Å². The second kappa shape index (κ2) is 6.46. The first-order valence-electron chi connectivity index (χ1n) is 8.71. The second-order valence-electron chi connectivity index (χ2n) is 7.64. The molecule has 0 aromatic carbocycles. The zero-order chi connectivity index (χ0) is 17.5. The van der Waals surface area contributed by atoms with Crippen molar-refractivity contribution in [2.45, 2.75) is 51.9 Å². The van der Waals surface area contributed by atoms with E-state index in [1.165, 1.54) is 0 Å². The molecule has 7 heteroatoms. The Balaban J connectivity index is 1.67. The van der Waals surface area contributed by atoms with Gasteiger partial charge in [-0.25, -0.2) is 0 Å². The van der Waals surface area contributed by atoms with Crippen LogP contribution in [-0.4, -0.2) is 75.4 Å². The number of nitrogens with one attached hydrogen (secondary N) is 1. The van der Waals surface area contributed by atoms with E-state index in [9.17, 15) is 9.90 Å². The zero-order valence-electron chi connectivity index (χ0n) is 15.0. The first-order valence-corrected chi connectivity index (χ1v) is 8.71. The van der Waals surface area contributed by atoms with Gasteiger partial charge in [-0.15, -0.1) is 0 Å². The molecule has 2 atom stereocenters. The van der Waals surface area contributed by atoms with Crippen LogP contribution in [-0.2, 0) is 11.2 Å². The molecule has 3 rings (SSSR count). The number of rotatable bonds is 3. The van der Waals surface area contributed by atoms with E-state index < -0.39 is 5.60 Å². The van der Waals surface area contributed by atoms with E-state index in [-0.39, 0.29) is 18.1 Å². The zero-order valence-corrected chi connectivity index (χ0v) is 15.0. The number of hydrogen-bond acceptors (Lipinski definition) is 5. The number of fused-ring (bicyclic) bond motifs is 1. The summed E-state index contributed by atoms with van der Waals surface area (Å²) >= 11 is 0. The van der Waals surface area contributed by atoms with E-state index in [0.717, 1.165) is 30.8 Å². The van der Waals surface area contributed by atoms with E-state index in [1.54, 1.807) is 0 Å². The number of β-amino-alcohol motifs (C(OH)–C–C–N with tert-alkyl or cyclic N) is 1. The summed E-state index contributed by atoms with van der Waals surface area (Å²) in [5, 5.41) is 17.2. The lowest BCUT2D eigenvalue weighted by molar-refractivity contribution is -0.00706. The lowest BCUT2D eigenvalue weighted by Gasteiger charge is -2.37. The van der Waals surface area contributed by atoms with E-state index in [1.807, 2.05) is 32.6 Å². The third kappa shape index (κ3) is 3.63. The van der Waals surface area contributed by atoms with Gasteiger partial charge in [0.15, 0.2) is 5.69 Å². The van der Waals surface area contributed by atoms with Crippen molar-refractivity contribution in [3.63, 3.8) is 0 Å². The molecule has 3 heterocycles. The number of hydrogen-bond donors (Lipinski definition) is 2. The number of aromatic amines is 1. The maximum atomic E-state index is 12.9. The van der Waals surface area contributed by atoms with Crippen molar-refractivity contribution in [3.8, 4) is 0 Å². The molecule has 1 amide bonds. The minimum absolute atomic E-state index is 0.00305. The van der Waals surface area contributed by atoms with Gasteiger partial charge in [0.2, 0.25) is 0 Å². The Morgan fingerprint density at radius 2 is 2.00 bits per heavy atom. The van der Waals surface area contributed by atoms with Crippen molar-refractivity contribution in [2.75, 3.05) is 32.7 Å². The average Bonchev–Trinajstić information content (AvgIpc) is 2.89. The quantitative estimate of drug-likeness (QED) is 0.859. The number of piperazine rings is 1. The fraction of sp³-hybridized carbons (Fsp3) is 0.765. The van der Waals surface area contributed by atoms with Gasteiger partial charge in [-0.3, -0.25) is 14.8 Å². The van der Waals surface area contributed by atoms with E-state index in [2.05, 4.69) is 15.1 Å². The fourth-order valence-corrected chi connectivity index (χ4v) is 3.66. The summed E-state index contributed by atoms with van der Waals surface area (Å²) in [7, 11) is 0. The topological polar surface area (TPSA) is 81.7 Å². The molecule has 134 valence electrons. The van der Waals surface area contributed by atoms with E-state index >= 15 is 0 Å². The highest BCUT2D eigenvalue weighted by Crippen LogP contribution is 2.30. The Morgan fingerprint density at radius 3 is 2.62 bits per heavy atom. The lowest BCUT2D eigenvalue weighted by Crippen LogP contribution is -2.52. The van der Waals surface area contributed by atoms with E-state index in [0.29, 0.717) is 25.3 Å². The maximum Gasteiger partial charge on any atom is 0.274 e. The van der Waals surface area contributed by atoms with E-state index in [4.69, 9.17) is 4.74 Å². The highest BCUT2D eigenvalue weighted by atomic mass is 16.5. The van der Waals surface area contributed by atoms with Crippen LogP contribution in [0.1, 0.15) is 55.5 Å². The molecule has 2 aliphatic rings. The van der Waals surface area contributed by atoms with Crippen molar-refractivity contribution in [2.24, 2.45) is 0 Å². The highest BCUT2D eigenvalue weighted by molar-refractivity contribution is 5.94. The normalized spacial score (nSPS) is 25.6. The lowest BCUT2D eigenvalue weighted by atomic mass is 9.99. The van der Waals surface area contributed by atoms with Crippen molar-refractivity contribution >= 4 is 5.91 Å². The summed E-state index contributed by atoms with van der Waals surface area (Å²) in [6.45, 7) is 11.1. The molecule has 1 fully saturated rings. The minimum atomic E-state index is -0.709. The predicted octanol–water partition coefficient (Wildman–Crippen LogP) is 0.961. The first kappa shape index (κ1) is 17.4. The Morgan fingerprint density at radius 1 is 1.33 bits per heavy atom. The molecule has 0 bridgehead atoms. The van der Waals surface area contributed by atoms with Gasteiger partial charge in [-0.05, 0) is 27.7 Å². The maximum absolute atomic E-state index is 12.9. The molecular weight excluding hydrogens is 308 g/mol. The van der Waals surface area contributed by atoms with Gasteiger partial charge >= 0.3 is 0 Å². The third-order valence-corrected chi connectivity index (χ3v) is 4.71. The number of aromatic nitrogens is 2. The Kier molecular flexibility index (Phi) is 4.68. The molecule has 0 unspecified atom stereocenters. The molecule has 24 heavy (non-hydrogen) atoms. The van der Waals surface area contributed by atoms with Crippen LogP contribution in [0.2, 0.25) is 0 Å². The Bertz CT molecular complexity index is 599. The summed E-state index contributed by atoms with van der Waals surface area (Å²) in [5.41, 5.74) is 1.77. The number of carbonyl (C=O) groups excluding carboxylic acids is 1. The van der Waals surface area contributed by atoms with Crippen molar-refractivity contribution in [1.82, 2.24) is 20.0 Å². The number of ether oxygens (including phenoxy) is 1. The Labute approximate surface area is 143 Å².